The number of hydrogen-bond donors (Lipinski definition) is 1. The second-order valence-electron chi connectivity index (χ2n) is 1.06. The second-order valence-corrected chi connectivity index (χ2v) is 4.91. The minimum absolute atomic E-state index is 0.000579. The van der Waals surface area contributed by atoms with Gasteiger partial charge in [-0.2, -0.15) is 0 Å². The number of aliphatic hydroxyl groups excluding tert-OH is 1. The van der Waals surface area contributed by atoms with Crippen LogP contribution in [0, 0.1) is 0 Å². The van der Waals surface area contributed by atoms with Gasteiger partial charge in [0.25, 0.3) is 0 Å². The van der Waals surface area contributed by atoms with Crippen molar-refractivity contribution in [1.29, 1.82) is 0 Å². The SMILES string of the molecule is OC(CBr)C(Br)Br. The lowest BCUT2D eigenvalue weighted by Crippen LogP contribution is -2.15. The highest BCUT2D eigenvalue weighted by molar-refractivity contribution is 9.24. The molecule has 0 aromatic rings. The molecule has 1 nitrogen and oxygen atoms in total. The van der Waals surface area contributed by atoms with Crippen LogP contribution in [0.25, 0.3) is 0 Å². The fourth-order valence-corrected chi connectivity index (χ4v) is 1.82. The van der Waals surface area contributed by atoms with Crippen molar-refractivity contribution >= 4 is 47.8 Å². The summed E-state index contributed by atoms with van der Waals surface area (Å²) in [5.74, 6) is 0. The molecule has 0 amide bonds. The molecule has 1 unspecified atom stereocenters. The Hall–Kier alpha value is 1.40. The Morgan fingerprint density at radius 1 is 1.43 bits per heavy atom. The molecule has 0 aromatic heterocycles. The lowest BCUT2D eigenvalue weighted by atomic mass is 10.5. The van der Waals surface area contributed by atoms with E-state index in [0.29, 0.717) is 5.33 Å². The summed E-state index contributed by atoms with van der Waals surface area (Å²) >= 11 is 9.38. The van der Waals surface area contributed by atoms with Crippen molar-refractivity contribution in [2.75, 3.05) is 5.33 Å². The van der Waals surface area contributed by atoms with Gasteiger partial charge in [0.15, 0.2) is 0 Å². The Labute approximate surface area is 67.9 Å². The number of rotatable bonds is 2. The quantitative estimate of drug-likeness (QED) is 0.771. The summed E-state index contributed by atoms with van der Waals surface area (Å²) < 4.78 is -0.000579. The fourth-order valence-electron chi connectivity index (χ4n) is 0.0673. The third-order valence-electron chi connectivity index (χ3n) is 0.449. The van der Waals surface area contributed by atoms with E-state index >= 15 is 0 Å². The summed E-state index contributed by atoms with van der Waals surface area (Å²) in [6, 6.07) is 0. The molecule has 0 heterocycles. The predicted molar refractivity (Wildman–Crippen MR) is 41.4 cm³/mol. The van der Waals surface area contributed by atoms with Gasteiger partial charge < -0.3 is 5.11 Å². The summed E-state index contributed by atoms with van der Waals surface area (Å²) in [6.07, 6.45) is -0.347. The fraction of sp³-hybridized carbons (Fsp3) is 1.00. The topological polar surface area (TPSA) is 20.2 Å². The van der Waals surface area contributed by atoms with Crippen molar-refractivity contribution in [3.8, 4) is 0 Å². The Morgan fingerprint density at radius 2 is 1.86 bits per heavy atom. The molecular weight excluding hydrogens is 292 g/mol. The summed E-state index contributed by atoms with van der Waals surface area (Å²) in [4.78, 5) is 0. The van der Waals surface area contributed by atoms with E-state index in [0.717, 1.165) is 0 Å². The molecular formula is C3H5Br3O. The summed E-state index contributed by atoms with van der Waals surface area (Å²) in [6.45, 7) is 0. The van der Waals surface area contributed by atoms with Gasteiger partial charge in [-0.1, -0.05) is 47.8 Å². The zero-order chi connectivity index (χ0) is 5.86. The predicted octanol–water partition coefficient (Wildman–Crippen LogP) is 1.86. The normalized spacial score (nSPS) is 15.0. The molecule has 0 saturated carbocycles. The van der Waals surface area contributed by atoms with Crippen LogP contribution in [-0.2, 0) is 0 Å². The number of hydrogen-bond acceptors (Lipinski definition) is 1. The van der Waals surface area contributed by atoms with Crippen LogP contribution >= 0.6 is 47.8 Å². The standard InChI is InChI=1S/C3H5Br3O/c4-1-2(7)3(5)6/h2-3,7H,1H2. The average Bonchev–Trinajstić information content (AvgIpc) is 1.65. The molecule has 0 aliphatic heterocycles. The van der Waals surface area contributed by atoms with Crippen molar-refractivity contribution in [3.63, 3.8) is 0 Å². The van der Waals surface area contributed by atoms with Crippen LogP contribution in [-0.4, -0.2) is 20.3 Å². The summed E-state index contributed by atoms with van der Waals surface area (Å²) in [7, 11) is 0. The molecule has 0 aliphatic carbocycles. The first-order valence-corrected chi connectivity index (χ1v) is 4.66. The third-order valence-corrected chi connectivity index (χ3v) is 2.33. The molecule has 7 heavy (non-hydrogen) atoms. The molecule has 0 bridgehead atoms. The zero-order valence-corrected chi connectivity index (χ0v) is 8.20. The molecule has 0 fully saturated rings. The van der Waals surface area contributed by atoms with Crippen molar-refractivity contribution in [1.82, 2.24) is 0 Å². The summed E-state index contributed by atoms with van der Waals surface area (Å²) in [5, 5.41) is 9.39. The van der Waals surface area contributed by atoms with Crippen LogP contribution in [0.2, 0.25) is 0 Å². The van der Waals surface area contributed by atoms with Crippen molar-refractivity contribution in [2.45, 2.75) is 9.84 Å². The van der Waals surface area contributed by atoms with E-state index in [4.69, 9.17) is 5.11 Å². The Morgan fingerprint density at radius 3 is 1.86 bits per heavy atom. The average molecular weight is 297 g/mol. The maximum atomic E-state index is 8.79. The van der Waals surface area contributed by atoms with Crippen LogP contribution in [0.5, 0.6) is 0 Å². The van der Waals surface area contributed by atoms with Crippen LogP contribution in [0.1, 0.15) is 0 Å². The lowest BCUT2D eigenvalue weighted by molar-refractivity contribution is 0.221. The van der Waals surface area contributed by atoms with E-state index in [-0.39, 0.29) is 9.84 Å². The molecule has 1 N–H and O–H groups in total. The molecule has 0 spiro atoms. The molecule has 0 rings (SSSR count). The first kappa shape index (κ1) is 8.40. The van der Waals surface area contributed by atoms with E-state index in [2.05, 4.69) is 47.8 Å². The van der Waals surface area contributed by atoms with Crippen molar-refractivity contribution < 1.29 is 5.11 Å². The third kappa shape index (κ3) is 3.94. The van der Waals surface area contributed by atoms with Crippen LogP contribution in [0.4, 0.5) is 0 Å². The van der Waals surface area contributed by atoms with Gasteiger partial charge in [0.2, 0.25) is 0 Å². The van der Waals surface area contributed by atoms with E-state index in [1.807, 2.05) is 0 Å². The molecule has 0 aromatic carbocycles. The van der Waals surface area contributed by atoms with Gasteiger partial charge in [0.05, 0.1) is 9.84 Å². The Kier molecular flexibility index (Phi) is 5.15. The Balaban J connectivity index is 3.14. The van der Waals surface area contributed by atoms with Gasteiger partial charge in [-0.25, -0.2) is 0 Å². The van der Waals surface area contributed by atoms with Crippen molar-refractivity contribution in [2.24, 2.45) is 0 Å². The Bertz CT molecular complexity index is 47.4. The molecule has 44 valence electrons. The van der Waals surface area contributed by atoms with Crippen LogP contribution < -0.4 is 0 Å². The van der Waals surface area contributed by atoms with Gasteiger partial charge in [0, 0.05) is 5.33 Å². The maximum absolute atomic E-state index is 8.79. The first-order chi connectivity index (χ1) is 3.18. The highest BCUT2D eigenvalue weighted by Gasteiger charge is 2.08. The van der Waals surface area contributed by atoms with Gasteiger partial charge in [-0.15, -0.1) is 0 Å². The molecule has 4 heteroatoms. The van der Waals surface area contributed by atoms with Crippen LogP contribution in [0.3, 0.4) is 0 Å². The van der Waals surface area contributed by atoms with Gasteiger partial charge >= 0.3 is 0 Å². The molecule has 0 aliphatic rings. The monoisotopic (exact) mass is 294 g/mol. The first-order valence-electron chi connectivity index (χ1n) is 1.70. The van der Waals surface area contributed by atoms with E-state index in [9.17, 15) is 0 Å². The van der Waals surface area contributed by atoms with Crippen molar-refractivity contribution in [3.05, 3.63) is 0 Å². The second kappa shape index (κ2) is 4.30. The summed E-state index contributed by atoms with van der Waals surface area (Å²) in [5.41, 5.74) is 0. The molecule has 0 saturated heterocycles. The van der Waals surface area contributed by atoms with Gasteiger partial charge in [0.1, 0.15) is 0 Å². The number of aliphatic hydroxyl groups is 1. The van der Waals surface area contributed by atoms with Crippen LogP contribution in [0.15, 0.2) is 0 Å². The largest absolute Gasteiger partial charge is 0.390 e. The van der Waals surface area contributed by atoms with E-state index in [1.54, 1.807) is 0 Å². The molecule has 1 atom stereocenters. The van der Waals surface area contributed by atoms with Gasteiger partial charge in [-0.05, 0) is 0 Å². The smallest absolute Gasteiger partial charge is 0.0964 e. The minimum atomic E-state index is -0.347. The maximum Gasteiger partial charge on any atom is 0.0964 e. The highest BCUT2D eigenvalue weighted by atomic mass is 79.9. The zero-order valence-electron chi connectivity index (χ0n) is 3.44. The molecule has 0 radical (unpaired) electrons. The number of alkyl halides is 3. The lowest BCUT2D eigenvalue weighted by Gasteiger charge is -2.04. The minimum Gasteiger partial charge on any atom is -0.390 e. The van der Waals surface area contributed by atoms with Gasteiger partial charge in [-0.3, -0.25) is 0 Å². The van der Waals surface area contributed by atoms with E-state index < -0.39 is 0 Å². The van der Waals surface area contributed by atoms with E-state index in [1.165, 1.54) is 0 Å². The highest BCUT2D eigenvalue weighted by Crippen LogP contribution is 2.13. The number of halogens is 3.